The van der Waals surface area contributed by atoms with Crippen molar-refractivity contribution in [2.75, 3.05) is 0 Å². The molecule has 1 aliphatic rings. The van der Waals surface area contributed by atoms with Gasteiger partial charge in [-0.15, -0.1) is 0 Å². The van der Waals surface area contributed by atoms with Gasteiger partial charge in [0.15, 0.2) is 0 Å². The van der Waals surface area contributed by atoms with E-state index < -0.39 is 0 Å². The average Bonchev–Trinajstić information content (AvgIpc) is 2.86. The van der Waals surface area contributed by atoms with Gasteiger partial charge in [-0.2, -0.15) is 14.1 Å². The predicted molar refractivity (Wildman–Crippen MR) is 44.5 cm³/mol. The smallest absolute Gasteiger partial charge is 0.191 e. The molecule has 2 heterocycles. The second-order valence-corrected chi connectivity index (χ2v) is 3.39. The van der Waals surface area contributed by atoms with Gasteiger partial charge in [-0.1, -0.05) is 18.2 Å². The van der Waals surface area contributed by atoms with E-state index in [0.29, 0.717) is 0 Å². The van der Waals surface area contributed by atoms with E-state index in [2.05, 4.69) is 4.37 Å². The highest BCUT2D eigenvalue weighted by atomic mass is 32.1. The first-order chi connectivity index (χ1) is 5.95. The molecule has 0 spiro atoms. The zero-order valence-corrected chi connectivity index (χ0v) is 6.88. The molecule has 0 N–H and O–H groups in total. The number of hydrogen-bond donors (Lipinski definition) is 0. The Kier molecular flexibility index (Phi) is 1.23. The monoisotopic (exact) mass is 179 g/mol. The molecule has 1 aromatic heterocycles. The van der Waals surface area contributed by atoms with Crippen molar-refractivity contribution in [2.45, 2.75) is 6.29 Å². The molecular weight excluding hydrogens is 174 g/mol. The van der Waals surface area contributed by atoms with E-state index in [1.54, 1.807) is 0 Å². The second kappa shape index (κ2) is 2.26. The highest BCUT2D eigenvalue weighted by molar-refractivity contribution is 7.13. The van der Waals surface area contributed by atoms with Crippen molar-refractivity contribution in [1.29, 1.82) is 0 Å². The van der Waals surface area contributed by atoms with Crippen LogP contribution in [-0.2, 0) is 9.78 Å². The molecule has 1 fully saturated rings. The van der Waals surface area contributed by atoms with E-state index in [1.807, 2.05) is 24.3 Å². The van der Waals surface area contributed by atoms with Gasteiger partial charge < -0.3 is 0 Å². The Labute approximate surface area is 72.6 Å². The van der Waals surface area contributed by atoms with Crippen LogP contribution in [0, 0.1) is 0 Å². The Balaban J connectivity index is 2.30. The van der Waals surface area contributed by atoms with Gasteiger partial charge in [-0.05, 0) is 17.6 Å². The van der Waals surface area contributed by atoms with Gasteiger partial charge in [0.05, 0.1) is 4.70 Å². The SMILES string of the molecule is c1ccc2c(C3OO3)nsc2c1. The van der Waals surface area contributed by atoms with Crippen LogP contribution >= 0.6 is 11.5 Å². The van der Waals surface area contributed by atoms with Crippen LogP contribution in [0.15, 0.2) is 24.3 Å². The third-order valence-electron chi connectivity index (χ3n) is 1.82. The number of hydrogen-bond acceptors (Lipinski definition) is 4. The minimum absolute atomic E-state index is 0.221. The summed E-state index contributed by atoms with van der Waals surface area (Å²) < 4.78 is 5.42. The lowest BCUT2D eigenvalue weighted by atomic mass is 10.2. The van der Waals surface area contributed by atoms with Crippen LogP contribution in [-0.4, -0.2) is 4.37 Å². The summed E-state index contributed by atoms with van der Waals surface area (Å²) in [6.45, 7) is 0. The van der Waals surface area contributed by atoms with Crippen molar-refractivity contribution in [3.63, 3.8) is 0 Å². The molecule has 0 atom stereocenters. The molecule has 1 saturated heterocycles. The lowest BCUT2D eigenvalue weighted by Crippen LogP contribution is -1.78. The molecule has 1 aliphatic heterocycles. The maximum atomic E-state index is 4.71. The maximum absolute atomic E-state index is 4.71. The molecule has 0 aliphatic carbocycles. The fraction of sp³-hybridized carbons (Fsp3) is 0.125. The summed E-state index contributed by atoms with van der Waals surface area (Å²) in [5, 5.41) is 1.13. The van der Waals surface area contributed by atoms with Crippen LogP contribution in [0.2, 0.25) is 0 Å². The molecule has 0 amide bonds. The molecule has 0 saturated carbocycles. The molecule has 0 unspecified atom stereocenters. The lowest BCUT2D eigenvalue weighted by molar-refractivity contribution is 0.0850. The standard InChI is InChI=1S/C8H5NO2S/c1-2-4-6-5(3-1)7(9-12-6)8-10-11-8/h1-4,8H. The van der Waals surface area contributed by atoms with Gasteiger partial charge in [0.2, 0.25) is 0 Å². The van der Waals surface area contributed by atoms with Crippen molar-refractivity contribution in [1.82, 2.24) is 4.37 Å². The molecule has 12 heavy (non-hydrogen) atoms. The van der Waals surface area contributed by atoms with Gasteiger partial charge in [-0.25, -0.2) is 0 Å². The summed E-state index contributed by atoms with van der Waals surface area (Å²) in [6, 6.07) is 8.06. The Hall–Kier alpha value is -0.970. The third-order valence-corrected chi connectivity index (χ3v) is 2.66. The van der Waals surface area contributed by atoms with Crippen LogP contribution in [0.5, 0.6) is 0 Å². The van der Waals surface area contributed by atoms with E-state index in [-0.39, 0.29) is 6.29 Å². The Morgan fingerprint density at radius 3 is 2.92 bits per heavy atom. The molecule has 3 nitrogen and oxygen atoms in total. The zero-order valence-electron chi connectivity index (χ0n) is 6.06. The van der Waals surface area contributed by atoms with Crippen molar-refractivity contribution in [3.8, 4) is 0 Å². The van der Waals surface area contributed by atoms with Gasteiger partial charge in [0, 0.05) is 5.39 Å². The molecule has 3 rings (SSSR count). The van der Waals surface area contributed by atoms with E-state index in [9.17, 15) is 0 Å². The minimum atomic E-state index is -0.221. The van der Waals surface area contributed by atoms with Crippen molar-refractivity contribution in [3.05, 3.63) is 30.0 Å². The molecule has 4 heteroatoms. The van der Waals surface area contributed by atoms with Crippen molar-refractivity contribution in [2.24, 2.45) is 0 Å². The van der Waals surface area contributed by atoms with E-state index in [0.717, 1.165) is 11.1 Å². The van der Waals surface area contributed by atoms with Crippen LogP contribution in [0.4, 0.5) is 0 Å². The minimum Gasteiger partial charge on any atom is -0.191 e. The summed E-state index contributed by atoms with van der Waals surface area (Å²) in [5.74, 6) is 0. The van der Waals surface area contributed by atoms with E-state index in [1.165, 1.54) is 16.2 Å². The number of fused-ring (bicyclic) bond motifs is 1. The molecule has 0 radical (unpaired) electrons. The lowest BCUT2D eigenvalue weighted by Gasteiger charge is -1.86. The largest absolute Gasteiger partial charge is 0.267 e. The summed E-state index contributed by atoms with van der Waals surface area (Å²) >= 11 is 1.47. The van der Waals surface area contributed by atoms with E-state index >= 15 is 0 Å². The first-order valence-corrected chi connectivity index (χ1v) is 4.39. The summed E-state index contributed by atoms with van der Waals surface area (Å²) in [4.78, 5) is 9.41. The van der Waals surface area contributed by atoms with Crippen LogP contribution in [0.1, 0.15) is 12.0 Å². The molecule has 0 bridgehead atoms. The number of benzene rings is 1. The number of rotatable bonds is 1. The van der Waals surface area contributed by atoms with E-state index in [4.69, 9.17) is 9.78 Å². The van der Waals surface area contributed by atoms with Crippen LogP contribution < -0.4 is 0 Å². The van der Waals surface area contributed by atoms with Crippen LogP contribution in [0.3, 0.4) is 0 Å². The molecule has 60 valence electrons. The number of aromatic nitrogens is 1. The topological polar surface area (TPSA) is 38.0 Å². The highest BCUT2D eigenvalue weighted by Crippen LogP contribution is 2.37. The predicted octanol–water partition coefficient (Wildman–Crippen LogP) is 2.26. The van der Waals surface area contributed by atoms with Gasteiger partial charge in [-0.3, -0.25) is 0 Å². The normalized spacial score (nSPS) is 17.0. The quantitative estimate of drug-likeness (QED) is 0.497. The van der Waals surface area contributed by atoms with Gasteiger partial charge in [0.1, 0.15) is 5.69 Å². The Bertz CT molecular complexity index is 422. The molecular formula is C8H5NO2S. The van der Waals surface area contributed by atoms with Crippen molar-refractivity contribution >= 4 is 21.6 Å². The molecule has 1 aromatic carbocycles. The Morgan fingerprint density at radius 2 is 2.08 bits per heavy atom. The maximum Gasteiger partial charge on any atom is 0.267 e. The zero-order chi connectivity index (χ0) is 7.97. The van der Waals surface area contributed by atoms with Gasteiger partial charge in [0.25, 0.3) is 6.29 Å². The summed E-state index contributed by atoms with van der Waals surface area (Å²) in [7, 11) is 0. The number of nitrogens with zero attached hydrogens (tertiary/aromatic N) is 1. The fourth-order valence-corrected chi connectivity index (χ4v) is 1.99. The second-order valence-electron chi connectivity index (χ2n) is 2.59. The summed E-state index contributed by atoms with van der Waals surface area (Å²) in [6.07, 6.45) is -0.221. The first kappa shape index (κ1) is 6.54. The third kappa shape index (κ3) is 0.859. The highest BCUT2D eigenvalue weighted by Gasteiger charge is 2.32. The Morgan fingerprint density at radius 1 is 1.25 bits per heavy atom. The summed E-state index contributed by atoms with van der Waals surface area (Å²) in [5.41, 5.74) is 0.899. The van der Waals surface area contributed by atoms with Crippen molar-refractivity contribution < 1.29 is 9.78 Å². The van der Waals surface area contributed by atoms with Crippen LogP contribution in [0.25, 0.3) is 10.1 Å². The average molecular weight is 179 g/mol. The van der Waals surface area contributed by atoms with Gasteiger partial charge >= 0.3 is 0 Å². The fourth-order valence-electron chi connectivity index (χ4n) is 1.19. The first-order valence-electron chi connectivity index (χ1n) is 3.61. The molecule has 2 aromatic rings.